The van der Waals surface area contributed by atoms with Crippen LogP contribution in [0.1, 0.15) is 19.8 Å². The standard InChI is InChI=1S/C4H9FO2/c1-2-3-4(5,6)7/h6-7H,2-3H2,1H3. The molecule has 0 radical (unpaired) electrons. The van der Waals surface area contributed by atoms with Gasteiger partial charge in [0.2, 0.25) is 0 Å². The van der Waals surface area contributed by atoms with Crippen molar-refractivity contribution in [2.45, 2.75) is 25.8 Å². The SMILES string of the molecule is CCCC(O)(O)F. The van der Waals surface area contributed by atoms with Gasteiger partial charge in [0, 0.05) is 6.42 Å². The molecular weight excluding hydrogens is 99.0 g/mol. The average Bonchev–Trinajstić information content (AvgIpc) is 1.30. The van der Waals surface area contributed by atoms with E-state index in [1.165, 1.54) is 0 Å². The summed E-state index contributed by atoms with van der Waals surface area (Å²) in [4.78, 5) is 0. The lowest BCUT2D eigenvalue weighted by Gasteiger charge is -2.07. The molecule has 0 saturated heterocycles. The van der Waals surface area contributed by atoms with Gasteiger partial charge in [-0.15, -0.1) is 0 Å². The zero-order valence-electron chi connectivity index (χ0n) is 4.19. The first-order chi connectivity index (χ1) is 3.06. The molecule has 2 nitrogen and oxygen atoms in total. The lowest BCUT2D eigenvalue weighted by Crippen LogP contribution is -2.19. The molecule has 3 heteroatoms. The molecule has 0 spiro atoms. The molecule has 2 N–H and O–H groups in total. The summed E-state index contributed by atoms with van der Waals surface area (Å²) in [6.45, 7) is 1.67. The molecule has 0 bridgehead atoms. The molecule has 44 valence electrons. The van der Waals surface area contributed by atoms with Crippen molar-refractivity contribution in [3.8, 4) is 0 Å². The highest BCUT2D eigenvalue weighted by Gasteiger charge is 2.17. The van der Waals surface area contributed by atoms with Crippen molar-refractivity contribution < 1.29 is 14.6 Å². The Bertz CT molecular complexity index is 48.1. The van der Waals surface area contributed by atoms with Crippen molar-refractivity contribution >= 4 is 0 Å². The van der Waals surface area contributed by atoms with E-state index in [0.29, 0.717) is 6.42 Å². The second-order valence-electron chi connectivity index (χ2n) is 1.47. The summed E-state index contributed by atoms with van der Waals surface area (Å²) >= 11 is 0. The summed E-state index contributed by atoms with van der Waals surface area (Å²) < 4.78 is 11.5. The van der Waals surface area contributed by atoms with Crippen LogP contribution in [0.5, 0.6) is 0 Å². The lowest BCUT2D eigenvalue weighted by molar-refractivity contribution is -0.262. The van der Waals surface area contributed by atoms with E-state index in [9.17, 15) is 4.39 Å². The average molecular weight is 108 g/mol. The molecule has 0 aromatic heterocycles. The van der Waals surface area contributed by atoms with Crippen LogP contribution in [0.4, 0.5) is 4.39 Å². The Balaban J connectivity index is 3.15. The summed E-state index contributed by atoms with van der Waals surface area (Å²) in [7, 11) is 0. The molecule has 0 unspecified atom stereocenters. The Morgan fingerprint density at radius 1 is 1.57 bits per heavy atom. The van der Waals surface area contributed by atoms with Crippen molar-refractivity contribution in [3.05, 3.63) is 0 Å². The molecule has 0 fully saturated rings. The number of hydrogen-bond acceptors (Lipinski definition) is 2. The van der Waals surface area contributed by atoms with Gasteiger partial charge in [0.1, 0.15) is 0 Å². The number of rotatable bonds is 2. The second kappa shape index (κ2) is 2.23. The summed E-state index contributed by atoms with van der Waals surface area (Å²) in [6, 6.07) is -2.95. The van der Waals surface area contributed by atoms with Crippen molar-refractivity contribution in [3.63, 3.8) is 0 Å². The van der Waals surface area contributed by atoms with Crippen LogP contribution in [0.3, 0.4) is 0 Å². The van der Waals surface area contributed by atoms with Crippen LogP contribution in [0.15, 0.2) is 0 Å². The topological polar surface area (TPSA) is 40.5 Å². The van der Waals surface area contributed by atoms with E-state index in [0.717, 1.165) is 0 Å². The van der Waals surface area contributed by atoms with Gasteiger partial charge in [-0.05, 0) is 6.42 Å². The van der Waals surface area contributed by atoms with Gasteiger partial charge in [0.05, 0.1) is 0 Å². The minimum atomic E-state index is -2.95. The molecule has 0 rings (SSSR count). The van der Waals surface area contributed by atoms with Gasteiger partial charge in [-0.3, -0.25) is 0 Å². The Morgan fingerprint density at radius 3 is 2.00 bits per heavy atom. The van der Waals surface area contributed by atoms with Crippen LogP contribution in [-0.4, -0.2) is 16.3 Å². The molecule has 0 heterocycles. The Morgan fingerprint density at radius 2 is 2.00 bits per heavy atom. The highest BCUT2D eigenvalue weighted by Crippen LogP contribution is 2.07. The Labute approximate surface area is 41.6 Å². The molecule has 0 atom stereocenters. The van der Waals surface area contributed by atoms with E-state index in [1.54, 1.807) is 6.92 Å². The normalized spacial score (nSPS) is 12.0. The third-order valence-electron chi connectivity index (χ3n) is 0.568. The van der Waals surface area contributed by atoms with Crippen LogP contribution in [0.2, 0.25) is 0 Å². The fraction of sp³-hybridized carbons (Fsp3) is 1.00. The monoisotopic (exact) mass is 108 g/mol. The Hall–Kier alpha value is -0.150. The van der Waals surface area contributed by atoms with Gasteiger partial charge in [0.15, 0.2) is 0 Å². The summed E-state index contributed by atoms with van der Waals surface area (Å²) in [5.41, 5.74) is 0. The number of hydrogen-bond donors (Lipinski definition) is 2. The second-order valence-corrected chi connectivity index (χ2v) is 1.47. The highest BCUT2D eigenvalue weighted by molar-refractivity contribution is 4.42. The van der Waals surface area contributed by atoms with Crippen LogP contribution >= 0.6 is 0 Å². The maximum atomic E-state index is 11.5. The first-order valence-corrected chi connectivity index (χ1v) is 2.20. The summed E-state index contributed by atoms with van der Waals surface area (Å²) in [5.74, 6) is 0. The quantitative estimate of drug-likeness (QED) is 0.502. The van der Waals surface area contributed by atoms with E-state index >= 15 is 0 Å². The first kappa shape index (κ1) is 6.85. The molecule has 0 aliphatic rings. The lowest BCUT2D eigenvalue weighted by atomic mass is 10.3. The first-order valence-electron chi connectivity index (χ1n) is 2.20. The fourth-order valence-electron chi connectivity index (χ4n) is 0.318. The van der Waals surface area contributed by atoms with Gasteiger partial charge in [-0.25, -0.2) is 0 Å². The van der Waals surface area contributed by atoms with Crippen LogP contribution in [0.25, 0.3) is 0 Å². The minimum Gasteiger partial charge on any atom is -0.340 e. The number of halogens is 1. The number of aliphatic hydroxyl groups is 2. The van der Waals surface area contributed by atoms with Crippen molar-refractivity contribution in [1.82, 2.24) is 0 Å². The van der Waals surface area contributed by atoms with E-state index in [-0.39, 0.29) is 6.42 Å². The van der Waals surface area contributed by atoms with Gasteiger partial charge >= 0.3 is 6.04 Å². The molecule has 0 aliphatic heterocycles. The zero-order valence-corrected chi connectivity index (χ0v) is 4.19. The smallest absolute Gasteiger partial charge is 0.315 e. The largest absolute Gasteiger partial charge is 0.340 e. The van der Waals surface area contributed by atoms with Crippen LogP contribution in [-0.2, 0) is 0 Å². The van der Waals surface area contributed by atoms with Crippen molar-refractivity contribution in [2.24, 2.45) is 0 Å². The molecule has 0 amide bonds. The van der Waals surface area contributed by atoms with E-state index in [1.807, 2.05) is 0 Å². The minimum absolute atomic E-state index is 0.215. The van der Waals surface area contributed by atoms with Crippen LogP contribution in [0, 0.1) is 0 Å². The third kappa shape index (κ3) is 5.85. The summed E-state index contributed by atoms with van der Waals surface area (Å²) in [6.07, 6.45) is 0.219. The zero-order chi connectivity index (χ0) is 5.91. The molecular formula is C4H9FO2. The fourth-order valence-corrected chi connectivity index (χ4v) is 0.318. The molecule has 7 heavy (non-hydrogen) atoms. The van der Waals surface area contributed by atoms with Gasteiger partial charge in [0.25, 0.3) is 0 Å². The predicted molar refractivity (Wildman–Crippen MR) is 23.2 cm³/mol. The maximum Gasteiger partial charge on any atom is 0.315 e. The van der Waals surface area contributed by atoms with Gasteiger partial charge in [-0.1, -0.05) is 6.92 Å². The molecule has 0 aliphatic carbocycles. The van der Waals surface area contributed by atoms with E-state index < -0.39 is 6.04 Å². The van der Waals surface area contributed by atoms with Gasteiger partial charge < -0.3 is 10.2 Å². The van der Waals surface area contributed by atoms with Crippen molar-refractivity contribution in [1.29, 1.82) is 0 Å². The number of alkyl halides is 1. The van der Waals surface area contributed by atoms with Crippen molar-refractivity contribution in [2.75, 3.05) is 0 Å². The highest BCUT2D eigenvalue weighted by atomic mass is 19.2. The Kier molecular flexibility index (Phi) is 2.19. The van der Waals surface area contributed by atoms with E-state index in [4.69, 9.17) is 10.2 Å². The van der Waals surface area contributed by atoms with E-state index in [2.05, 4.69) is 0 Å². The third-order valence-corrected chi connectivity index (χ3v) is 0.568. The molecule has 0 saturated carbocycles. The maximum absolute atomic E-state index is 11.5. The predicted octanol–water partition coefficient (Wildman–Crippen LogP) is 0.394. The molecule has 0 aromatic carbocycles. The summed E-state index contributed by atoms with van der Waals surface area (Å²) in [5, 5.41) is 15.8. The van der Waals surface area contributed by atoms with Gasteiger partial charge in [-0.2, -0.15) is 4.39 Å². The molecule has 0 aromatic rings. The van der Waals surface area contributed by atoms with Crippen LogP contribution < -0.4 is 0 Å².